The Bertz CT molecular complexity index is 205. The lowest BCUT2D eigenvalue weighted by Gasteiger charge is -1.97. The largest absolute Gasteiger partial charge is 0.569 e. The normalized spacial score (nSPS) is 7.93. The molecule has 0 aromatic heterocycles. The summed E-state index contributed by atoms with van der Waals surface area (Å²) < 4.78 is 4.64. The van der Waals surface area contributed by atoms with Gasteiger partial charge < -0.3 is 9.68 Å². The first kappa shape index (κ1) is 17.0. The number of hydrogen-bond acceptors (Lipinski definition) is 2. The van der Waals surface area contributed by atoms with E-state index in [1.54, 1.807) is 19.1 Å². The highest BCUT2D eigenvalue weighted by Crippen LogP contribution is 2.06. The molecule has 0 bridgehead atoms. The molecule has 85 valence electrons. The minimum Gasteiger partial charge on any atom is -0.537 e. The molecule has 15 heavy (non-hydrogen) atoms. The Balaban J connectivity index is 0. The number of halogens is 2. The van der Waals surface area contributed by atoms with E-state index >= 15 is 0 Å². The summed E-state index contributed by atoms with van der Waals surface area (Å²) in [5.74, 6) is 0.639. The fourth-order valence-corrected chi connectivity index (χ4v) is 0.560. The van der Waals surface area contributed by atoms with Gasteiger partial charge in [-0.25, -0.2) is 0 Å². The van der Waals surface area contributed by atoms with Gasteiger partial charge in [0, 0.05) is 0 Å². The van der Waals surface area contributed by atoms with Crippen LogP contribution in [0.15, 0.2) is 30.3 Å². The van der Waals surface area contributed by atoms with Crippen molar-refractivity contribution in [3.63, 3.8) is 0 Å². The van der Waals surface area contributed by atoms with Gasteiger partial charge in [-0.1, -0.05) is 32.0 Å². The molecule has 0 spiro atoms. The third-order valence-corrected chi connectivity index (χ3v) is 0.932. The topological polar surface area (TPSA) is 29.5 Å². The van der Waals surface area contributed by atoms with Crippen LogP contribution in [0.4, 0.5) is 0 Å². The average Bonchev–Trinajstić information content (AvgIpc) is 2.22. The first-order valence-corrected chi connectivity index (χ1v) is 5.50. The fourth-order valence-electron chi connectivity index (χ4n) is 0.560. The quantitative estimate of drug-likeness (QED) is 0.643. The van der Waals surface area contributed by atoms with E-state index < -0.39 is 0 Å². The molecular weight excluding hydrogens is 234 g/mol. The van der Waals surface area contributed by atoms with E-state index in [1.807, 2.05) is 32.0 Å². The van der Waals surface area contributed by atoms with Gasteiger partial charge in [0.15, 0.2) is 0 Å². The lowest BCUT2D eigenvalue weighted by molar-refractivity contribution is 0.454. The van der Waals surface area contributed by atoms with Crippen LogP contribution in [0.1, 0.15) is 20.8 Å². The average molecular weight is 250 g/mol. The van der Waals surface area contributed by atoms with Crippen LogP contribution in [-0.2, 0) is 0 Å². The van der Waals surface area contributed by atoms with Crippen LogP contribution in [0.2, 0.25) is 0 Å². The number of alkyl halides is 2. The van der Waals surface area contributed by atoms with E-state index in [0.29, 0.717) is 13.4 Å². The second-order valence-corrected chi connectivity index (χ2v) is 3.59. The van der Waals surface area contributed by atoms with Crippen LogP contribution in [0, 0.1) is 0 Å². The van der Waals surface area contributed by atoms with Gasteiger partial charge in [-0.15, -0.1) is 23.2 Å². The molecule has 0 aliphatic heterocycles. The Labute approximate surface area is 102 Å². The van der Waals surface area contributed by atoms with Gasteiger partial charge in [-0.3, -0.25) is 0 Å². The molecule has 0 saturated heterocycles. The van der Waals surface area contributed by atoms with Crippen molar-refractivity contribution in [2.24, 2.45) is 0 Å². The summed E-state index contributed by atoms with van der Waals surface area (Å²) >= 11 is 10.1. The predicted octanol–water partition coefficient (Wildman–Crippen LogP) is 3.43. The Morgan fingerprint density at radius 1 is 1.20 bits per heavy atom. The molecule has 0 heterocycles. The summed E-state index contributed by atoms with van der Waals surface area (Å²) in [6, 6.07) is 9.06. The summed E-state index contributed by atoms with van der Waals surface area (Å²) in [4.78, 5) is -0.222. The highest BCUT2D eigenvalue weighted by atomic mass is 35.5. The molecule has 0 fully saturated rings. The lowest BCUT2D eigenvalue weighted by atomic mass is 10.3. The zero-order valence-electron chi connectivity index (χ0n) is 9.15. The van der Waals surface area contributed by atoms with Gasteiger partial charge in [-0.05, 0) is 19.1 Å². The summed E-state index contributed by atoms with van der Waals surface area (Å²) in [5, 5.41) is 8.17. The van der Waals surface area contributed by atoms with E-state index in [2.05, 4.69) is 4.65 Å². The van der Waals surface area contributed by atoms with Gasteiger partial charge in [-0.2, -0.15) is 0 Å². The van der Waals surface area contributed by atoms with Crippen LogP contribution in [0.3, 0.4) is 0 Å². The van der Waals surface area contributed by atoms with Crippen LogP contribution in [-0.4, -0.2) is 17.5 Å². The number of rotatable bonds is 2. The predicted molar refractivity (Wildman–Crippen MR) is 67.6 cm³/mol. The second-order valence-electron chi connectivity index (χ2n) is 2.06. The van der Waals surface area contributed by atoms with E-state index in [4.69, 9.17) is 28.2 Å². The number of hydrogen-bond donors (Lipinski definition) is 1. The van der Waals surface area contributed by atoms with Crippen LogP contribution < -0.4 is 4.65 Å². The maximum absolute atomic E-state index is 8.17. The van der Waals surface area contributed by atoms with E-state index in [9.17, 15) is 0 Å². The summed E-state index contributed by atoms with van der Waals surface area (Å²) in [7, 11) is 0.662. The maximum Gasteiger partial charge on any atom is 0.569 e. The monoisotopic (exact) mass is 249 g/mol. The molecule has 0 saturated carbocycles. The van der Waals surface area contributed by atoms with Gasteiger partial charge in [0.05, 0.1) is 5.75 Å². The smallest absolute Gasteiger partial charge is 0.537 e. The third kappa shape index (κ3) is 16.3. The molecule has 1 aromatic carbocycles. The molecule has 1 radical (unpaired) electrons. The lowest BCUT2D eigenvalue weighted by Crippen LogP contribution is -1.98. The van der Waals surface area contributed by atoms with Crippen LogP contribution >= 0.6 is 23.2 Å². The van der Waals surface area contributed by atoms with Crippen molar-refractivity contribution < 1.29 is 9.68 Å². The van der Waals surface area contributed by atoms with Gasteiger partial charge >= 0.3 is 7.69 Å². The first-order chi connectivity index (χ1) is 7.16. The Morgan fingerprint density at radius 3 is 1.93 bits per heavy atom. The van der Waals surface area contributed by atoms with Crippen molar-refractivity contribution in [2.75, 3.05) is 0 Å². The van der Waals surface area contributed by atoms with Crippen LogP contribution in [0.25, 0.3) is 0 Å². The SMILES string of the molecule is CC.CC(Cl)Cl.O[B]Oc1ccccc1. The molecule has 1 aromatic rings. The number of para-hydroxylation sites is 1. The second kappa shape index (κ2) is 13.6. The molecule has 0 unspecified atom stereocenters. The Hall–Kier alpha value is -0.375. The zero-order valence-corrected chi connectivity index (χ0v) is 10.7. The van der Waals surface area contributed by atoms with Gasteiger partial charge in [0.1, 0.15) is 4.84 Å². The highest BCUT2D eigenvalue weighted by molar-refractivity contribution is 6.43. The summed E-state index contributed by atoms with van der Waals surface area (Å²) in [6.45, 7) is 5.70. The van der Waals surface area contributed by atoms with Crippen LogP contribution in [0.5, 0.6) is 5.75 Å². The zero-order chi connectivity index (χ0) is 12.1. The van der Waals surface area contributed by atoms with E-state index in [0.717, 1.165) is 0 Å². The summed E-state index contributed by atoms with van der Waals surface area (Å²) in [5.41, 5.74) is 0. The van der Waals surface area contributed by atoms with Gasteiger partial charge in [0.25, 0.3) is 0 Å². The van der Waals surface area contributed by atoms with Crippen molar-refractivity contribution >= 4 is 30.9 Å². The Kier molecular flexibility index (Phi) is 15.5. The Morgan fingerprint density at radius 2 is 1.60 bits per heavy atom. The molecule has 2 nitrogen and oxygen atoms in total. The minimum atomic E-state index is -0.222. The van der Waals surface area contributed by atoms with Crippen molar-refractivity contribution in [2.45, 2.75) is 25.6 Å². The maximum atomic E-state index is 8.17. The molecule has 5 heteroatoms. The number of benzene rings is 1. The summed E-state index contributed by atoms with van der Waals surface area (Å²) in [6.07, 6.45) is 0. The van der Waals surface area contributed by atoms with Crippen molar-refractivity contribution in [1.29, 1.82) is 0 Å². The molecule has 0 aliphatic carbocycles. The molecular formula is C10H16BCl2O2. The van der Waals surface area contributed by atoms with Crippen molar-refractivity contribution in [1.82, 2.24) is 0 Å². The standard InChI is InChI=1S/C6H6BO2.C2H4Cl2.C2H6/c8-7-9-6-4-2-1-3-5-6;1-2(3)4;1-2/h1-5,8H;2H,1H3;1-2H3. The van der Waals surface area contributed by atoms with Gasteiger partial charge in [0.2, 0.25) is 0 Å². The van der Waals surface area contributed by atoms with E-state index in [1.165, 1.54) is 0 Å². The molecule has 1 rings (SSSR count). The molecule has 1 N–H and O–H groups in total. The first-order valence-electron chi connectivity index (χ1n) is 4.62. The van der Waals surface area contributed by atoms with Crippen molar-refractivity contribution in [3.05, 3.63) is 30.3 Å². The molecule has 0 amide bonds. The molecule has 0 atom stereocenters. The fraction of sp³-hybridized carbons (Fsp3) is 0.400. The van der Waals surface area contributed by atoms with E-state index in [-0.39, 0.29) is 4.84 Å². The van der Waals surface area contributed by atoms with Crippen molar-refractivity contribution in [3.8, 4) is 5.75 Å². The highest BCUT2D eigenvalue weighted by Gasteiger charge is 1.88. The molecule has 0 aliphatic rings. The third-order valence-electron chi connectivity index (χ3n) is 0.932. The minimum absolute atomic E-state index is 0.222.